The molecule has 0 aromatic heterocycles. The normalized spacial score (nSPS) is 15.2. The molecular formula is C22H29NO6. The quantitative estimate of drug-likeness (QED) is 0.555. The van der Waals surface area contributed by atoms with Gasteiger partial charge >= 0.3 is 0 Å². The van der Waals surface area contributed by atoms with Crippen molar-refractivity contribution in [1.82, 2.24) is 5.32 Å². The minimum Gasteiger partial charge on any atom is -0.467 e. The monoisotopic (exact) mass is 403 g/mol. The SMILES string of the molecule is COCOc1cc(C(CO)NC(c2ccccc2)C(C)(C)O)c2c(c1C)OCO2. The van der Waals surface area contributed by atoms with Crippen LogP contribution >= 0.6 is 0 Å². The molecule has 29 heavy (non-hydrogen) atoms. The highest BCUT2D eigenvalue weighted by molar-refractivity contribution is 5.60. The first-order valence-corrected chi connectivity index (χ1v) is 9.55. The third-order valence-electron chi connectivity index (χ3n) is 4.97. The van der Waals surface area contributed by atoms with Crippen LogP contribution in [0.3, 0.4) is 0 Å². The second kappa shape index (κ2) is 9.00. The molecule has 158 valence electrons. The zero-order chi connectivity index (χ0) is 21.0. The average molecular weight is 403 g/mol. The van der Waals surface area contributed by atoms with E-state index in [4.69, 9.17) is 18.9 Å². The molecule has 0 aliphatic carbocycles. The summed E-state index contributed by atoms with van der Waals surface area (Å²) >= 11 is 0. The van der Waals surface area contributed by atoms with Crippen LogP contribution < -0.4 is 19.5 Å². The van der Waals surface area contributed by atoms with Crippen molar-refractivity contribution in [3.63, 3.8) is 0 Å². The predicted octanol–water partition coefficient (Wildman–Crippen LogP) is 2.84. The second-order valence-corrected chi connectivity index (χ2v) is 7.60. The number of ether oxygens (including phenoxy) is 4. The van der Waals surface area contributed by atoms with Crippen LogP contribution in [0.25, 0.3) is 0 Å². The molecule has 7 nitrogen and oxygen atoms in total. The molecule has 3 N–H and O–H groups in total. The van der Waals surface area contributed by atoms with E-state index in [1.165, 1.54) is 0 Å². The number of fused-ring (bicyclic) bond motifs is 1. The summed E-state index contributed by atoms with van der Waals surface area (Å²) in [6.07, 6.45) is 0. The number of nitrogens with one attached hydrogen (secondary N) is 1. The topological polar surface area (TPSA) is 89.4 Å². The molecule has 1 aliphatic heterocycles. The number of aliphatic hydroxyl groups is 2. The summed E-state index contributed by atoms with van der Waals surface area (Å²) in [6, 6.07) is 10.5. The van der Waals surface area contributed by atoms with Gasteiger partial charge < -0.3 is 29.2 Å². The third kappa shape index (κ3) is 4.64. The fraction of sp³-hybridized carbons (Fsp3) is 0.455. The van der Waals surface area contributed by atoms with Crippen LogP contribution in [0.5, 0.6) is 17.2 Å². The number of methoxy groups -OCH3 is 1. The maximum atomic E-state index is 10.8. The smallest absolute Gasteiger partial charge is 0.231 e. The fourth-order valence-electron chi connectivity index (χ4n) is 3.53. The van der Waals surface area contributed by atoms with Gasteiger partial charge in [-0.25, -0.2) is 0 Å². The van der Waals surface area contributed by atoms with E-state index in [0.717, 1.165) is 11.1 Å². The van der Waals surface area contributed by atoms with Crippen LogP contribution in [-0.2, 0) is 4.74 Å². The van der Waals surface area contributed by atoms with Crippen LogP contribution in [0.4, 0.5) is 0 Å². The van der Waals surface area contributed by atoms with Crippen LogP contribution in [0.2, 0.25) is 0 Å². The van der Waals surface area contributed by atoms with Crippen molar-refractivity contribution in [2.24, 2.45) is 0 Å². The van der Waals surface area contributed by atoms with Crippen molar-refractivity contribution < 1.29 is 29.2 Å². The maximum Gasteiger partial charge on any atom is 0.231 e. The minimum absolute atomic E-state index is 0.0907. The standard InChI is InChI=1S/C22H29NO6/c1-14-18(27-12-26-4)10-16(20-19(14)28-13-29-20)17(11-24)23-21(22(2,3)25)15-8-6-5-7-9-15/h5-10,17,21,23-25H,11-13H2,1-4H3. The molecule has 0 bridgehead atoms. The molecule has 0 saturated heterocycles. The van der Waals surface area contributed by atoms with Gasteiger partial charge in [0.1, 0.15) is 5.75 Å². The van der Waals surface area contributed by atoms with E-state index in [9.17, 15) is 10.2 Å². The van der Waals surface area contributed by atoms with E-state index in [1.54, 1.807) is 21.0 Å². The molecule has 2 aromatic carbocycles. The molecule has 1 aliphatic rings. The van der Waals surface area contributed by atoms with E-state index in [2.05, 4.69) is 5.32 Å². The van der Waals surface area contributed by atoms with Crippen molar-refractivity contribution in [2.75, 3.05) is 27.3 Å². The molecule has 0 spiro atoms. The fourth-order valence-corrected chi connectivity index (χ4v) is 3.53. The minimum atomic E-state index is -1.07. The molecule has 2 aromatic rings. The molecule has 7 heteroatoms. The van der Waals surface area contributed by atoms with Crippen molar-refractivity contribution in [1.29, 1.82) is 0 Å². The van der Waals surface area contributed by atoms with E-state index in [-0.39, 0.29) is 20.2 Å². The first kappa shape index (κ1) is 21.4. The van der Waals surface area contributed by atoms with Gasteiger partial charge in [0.05, 0.1) is 24.3 Å². The van der Waals surface area contributed by atoms with Gasteiger partial charge in [-0.1, -0.05) is 30.3 Å². The van der Waals surface area contributed by atoms with Crippen LogP contribution in [0, 0.1) is 6.92 Å². The highest BCUT2D eigenvalue weighted by Gasteiger charge is 2.34. The molecule has 0 radical (unpaired) electrons. The molecule has 1 heterocycles. The molecule has 0 saturated carbocycles. The summed E-state index contributed by atoms with van der Waals surface area (Å²) in [4.78, 5) is 0. The predicted molar refractivity (Wildman–Crippen MR) is 108 cm³/mol. The molecule has 0 fully saturated rings. The molecule has 2 atom stereocenters. The first-order valence-electron chi connectivity index (χ1n) is 9.55. The lowest BCUT2D eigenvalue weighted by atomic mass is 9.90. The van der Waals surface area contributed by atoms with E-state index in [1.807, 2.05) is 43.3 Å². The Morgan fingerprint density at radius 1 is 1.17 bits per heavy atom. The number of rotatable bonds is 9. The number of hydrogen-bond acceptors (Lipinski definition) is 7. The Hall–Kier alpha value is -2.32. The molecule has 2 unspecified atom stereocenters. The molecular weight excluding hydrogens is 374 g/mol. The van der Waals surface area contributed by atoms with Gasteiger partial charge in [0, 0.05) is 18.2 Å². The van der Waals surface area contributed by atoms with Crippen LogP contribution in [-0.4, -0.2) is 43.1 Å². The maximum absolute atomic E-state index is 10.8. The number of benzene rings is 2. The van der Waals surface area contributed by atoms with Gasteiger partial charge in [-0.15, -0.1) is 0 Å². The summed E-state index contributed by atoms with van der Waals surface area (Å²) in [7, 11) is 1.55. The van der Waals surface area contributed by atoms with Crippen molar-refractivity contribution >= 4 is 0 Å². The Morgan fingerprint density at radius 3 is 2.48 bits per heavy atom. The van der Waals surface area contributed by atoms with Gasteiger partial charge in [0.15, 0.2) is 18.3 Å². The Kier molecular flexibility index (Phi) is 6.64. The Bertz CT molecular complexity index is 818. The Balaban J connectivity index is 2.00. The van der Waals surface area contributed by atoms with Gasteiger partial charge in [-0.3, -0.25) is 5.32 Å². The summed E-state index contributed by atoms with van der Waals surface area (Å²) in [5.74, 6) is 1.75. The van der Waals surface area contributed by atoms with Crippen molar-refractivity contribution in [2.45, 2.75) is 38.5 Å². The van der Waals surface area contributed by atoms with Crippen LogP contribution in [0.1, 0.15) is 42.6 Å². The van der Waals surface area contributed by atoms with Gasteiger partial charge in [0.25, 0.3) is 0 Å². The van der Waals surface area contributed by atoms with Crippen LogP contribution in [0.15, 0.2) is 36.4 Å². The average Bonchev–Trinajstić information content (AvgIpc) is 3.19. The van der Waals surface area contributed by atoms with Gasteiger partial charge in [-0.2, -0.15) is 0 Å². The van der Waals surface area contributed by atoms with E-state index < -0.39 is 17.7 Å². The van der Waals surface area contributed by atoms with Gasteiger partial charge in [-0.05, 0) is 32.4 Å². The zero-order valence-corrected chi connectivity index (χ0v) is 17.3. The number of aliphatic hydroxyl groups excluding tert-OH is 1. The largest absolute Gasteiger partial charge is 0.467 e. The lowest BCUT2D eigenvalue weighted by molar-refractivity contribution is 0.0282. The lowest BCUT2D eigenvalue weighted by Crippen LogP contribution is -2.42. The summed E-state index contributed by atoms with van der Waals surface area (Å²) in [5, 5.41) is 24.4. The van der Waals surface area contributed by atoms with E-state index in [0.29, 0.717) is 22.8 Å². The molecule has 0 amide bonds. The second-order valence-electron chi connectivity index (χ2n) is 7.60. The first-order chi connectivity index (χ1) is 13.9. The Labute approximate surface area is 171 Å². The Morgan fingerprint density at radius 2 is 1.86 bits per heavy atom. The summed E-state index contributed by atoms with van der Waals surface area (Å²) in [5.41, 5.74) is 1.34. The highest BCUT2D eigenvalue weighted by Crippen LogP contribution is 2.46. The van der Waals surface area contributed by atoms with Gasteiger partial charge in [0.2, 0.25) is 6.79 Å². The zero-order valence-electron chi connectivity index (χ0n) is 17.3. The van der Waals surface area contributed by atoms with E-state index >= 15 is 0 Å². The summed E-state index contributed by atoms with van der Waals surface area (Å²) < 4.78 is 22.1. The summed E-state index contributed by atoms with van der Waals surface area (Å²) in [6.45, 7) is 5.34. The van der Waals surface area contributed by atoms with Crippen molar-refractivity contribution in [3.8, 4) is 17.2 Å². The van der Waals surface area contributed by atoms with Crippen molar-refractivity contribution in [3.05, 3.63) is 53.1 Å². The highest BCUT2D eigenvalue weighted by atomic mass is 16.7. The molecule has 3 rings (SSSR count). The third-order valence-corrected chi connectivity index (χ3v) is 4.97. The number of hydrogen-bond donors (Lipinski definition) is 3. The lowest BCUT2D eigenvalue weighted by Gasteiger charge is -2.34.